The van der Waals surface area contributed by atoms with Crippen molar-refractivity contribution in [1.82, 2.24) is 14.9 Å². The van der Waals surface area contributed by atoms with Gasteiger partial charge in [0.05, 0.1) is 0 Å². The van der Waals surface area contributed by atoms with Crippen LogP contribution in [0.1, 0.15) is 52.7 Å². The van der Waals surface area contributed by atoms with E-state index in [-0.39, 0.29) is 17.6 Å². The van der Waals surface area contributed by atoms with Crippen molar-refractivity contribution in [3.63, 3.8) is 0 Å². The number of carbonyl (C=O) groups excluding carboxylic acids is 2. The Balaban J connectivity index is 1.80. The van der Waals surface area contributed by atoms with Gasteiger partial charge in [0.25, 0.3) is 5.91 Å². The van der Waals surface area contributed by atoms with Crippen LogP contribution in [0.25, 0.3) is 0 Å². The molecular weight excluding hydrogens is 423 g/mol. The summed E-state index contributed by atoms with van der Waals surface area (Å²) in [6, 6.07) is 6.79. The van der Waals surface area contributed by atoms with Crippen LogP contribution in [0, 0.1) is 12.7 Å². The molecule has 1 fully saturated rings. The van der Waals surface area contributed by atoms with Gasteiger partial charge in [0.1, 0.15) is 5.82 Å². The molecule has 0 bridgehead atoms. The maximum absolute atomic E-state index is 14.1. The molecule has 1 aliphatic carbocycles. The lowest BCUT2D eigenvalue weighted by atomic mass is 10.1. The Hall–Kier alpha value is -2.65. The Morgan fingerprint density at radius 1 is 1.27 bits per heavy atom. The third-order valence-corrected chi connectivity index (χ3v) is 6.82. The first kappa shape index (κ1) is 20.6. The number of aryl methyl sites for hydroxylation is 1. The van der Waals surface area contributed by atoms with Crippen LogP contribution in [-0.4, -0.2) is 27.4 Å². The number of thiophene rings is 1. The standard InChI is InChI=1S/C21H21FN4O2S2/c1-13-9-10-29-19(13)18(20(27)23-15-6-2-3-7-15)26(16-8-4-5-14(22)11-16)21(28)17-12-30-25-24-17/h4-5,8-12,15,18H,2-3,6-7H2,1H3,(H,23,27)/t18-/m1/s1. The minimum absolute atomic E-state index is 0.0886. The molecule has 0 spiro atoms. The molecule has 2 heterocycles. The predicted octanol–water partition coefficient (Wildman–Crippen LogP) is 4.49. The molecule has 0 saturated heterocycles. The Bertz CT molecular complexity index is 1030. The molecule has 1 aliphatic rings. The highest BCUT2D eigenvalue weighted by Gasteiger charge is 2.37. The number of nitrogens with zero attached hydrogens (tertiary/aromatic N) is 3. The van der Waals surface area contributed by atoms with Crippen molar-refractivity contribution >= 4 is 40.4 Å². The van der Waals surface area contributed by atoms with Crippen LogP contribution >= 0.6 is 22.9 Å². The first-order chi connectivity index (χ1) is 14.5. The zero-order valence-electron chi connectivity index (χ0n) is 16.4. The fraction of sp³-hybridized carbons (Fsp3) is 0.333. The molecular formula is C21H21FN4O2S2. The number of halogens is 1. The molecule has 1 aromatic carbocycles. The van der Waals surface area contributed by atoms with Gasteiger partial charge in [-0.3, -0.25) is 14.5 Å². The molecule has 1 N–H and O–H groups in total. The summed E-state index contributed by atoms with van der Waals surface area (Å²) in [4.78, 5) is 29.0. The van der Waals surface area contributed by atoms with E-state index in [0.717, 1.165) is 47.7 Å². The second-order valence-electron chi connectivity index (χ2n) is 7.31. The zero-order chi connectivity index (χ0) is 21.1. The second kappa shape index (κ2) is 9.01. The van der Waals surface area contributed by atoms with E-state index >= 15 is 0 Å². The highest BCUT2D eigenvalue weighted by atomic mass is 32.1. The molecule has 0 aliphatic heterocycles. The highest BCUT2D eigenvalue weighted by Crippen LogP contribution is 2.35. The third-order valence-electron chi connectivity index (χ3n) is 5.24. The molecule has 156 valence electrons. The Morgan fingerprint density at radius 2 is 2.07 bits per heavy atom. The van der Waals surface area contributed by atoms with Gasteiger partial charge in [-0.25, -0.2) is 4.39 Å². The molecule has 0 radical (unpaired) electrons. The molecule has 0 unspecified atom stereocenters. The molecule has 9 heteroatoms. The first-order valence-electron chi connectivity index (χ1n) is 9.75. The zero-order valence-corrected chi connectivity index (χ0v) is 18.0. The van der Waals surface area contributed by atoms with Crippen LogP contribution in [0.4, 0.5) is 10.1 Å². The minimum atomic E-state index is -0.929. The fourth-order valence-corrected chi connectivity index (χ4v) is 5.20. The van der Waals surface area contributed by atoms with Crippen molar-refractivity contribution in [3.05, 3.63) is 63.0 Å². The molecule has 2 amide bonds. The number of carbonyl (C=O) groups is 2. The molecule has 1 saturated carbocycles. The molecule has 6 nitrogen and oxygen atoms in total. The van der Waals surface area contributed by atoms with E-state index in [1.165, 1.54) is 39.8 Å². The summed E-state index contributed by atoms with van der Waals surface area (Å²) in [5, 5.41) is 10.4. The lowest BCUT2D eigenvalue weighted by molar-refractivity contribution is -0.123. The average Bonchev–Trinajstić information content (AvgIpc) is 3.49. The summed E-state index contributed by atoms with van der Waals surface area (Å²) >= 11 is 2.45. The Morgan fingerprint density at radius 3 is 2.70 bits per heavy atom. The number of benzene rings is 1. The lowest BCUT2D eigenvalue weighted by Crippen LogP contribution is -2.46. The van der Waals surface area contributed by atoms with Crippen LogP contribution in [0.15, 0.2) is 41.1 Å². The van der Waals surface area contributed by atoms with Crippen molar-refractivity contribution in [2.75, 3.05) is 4.90 Å². The van der Waals surface area contributed by atoms with E-state index in [1.807, 2.05) is 18.4 Å². The van der Waals surface area contributed by atoms with Crippen LogP contribution in [0.5, 0.6) is 0 Å². The molecule has 2 aromatic heterocycles. The van der Waals surface area contributed by atoms with Gasteiger partial charge in [0.2, 0.25) is 5.91 Å². The van der Waals surface area contributed by atoms with Crippen LogP contribution in [-0.2, 0) is 4.79 Å². The van der Waals surface area contributed by atoms with Gasteiger partial charge in [0, 0.05) is 22.0 Å². The SMILES string of the molecule is Cc1ccsc1[C@H](C(=O)NC1CCCC1)N(C(=O)c1csnn1)c1cccc(F)c1. The lowest BCUT2D eigenvalue weighted by Gasteiger charge is -2.31. The number of nitrogens with one attached hydrogen (secondary N) is 1. The number of amides is 2. The third kappa shape index (κ3) is 4.27. The van der Waals surface area contributed by atoms with Crippen molar-refractivity contribution in [1.29, 1.82) is 0 Å². The smallest absolute Gasteiger partial charge is 0.280 e. The summed E-state index contributed by atoms with van der Waals surface area (Å²) in [5.74, 6) is -1.25. The van der Waals surface area contributed by atoms with Gasteiger partial charge in [0.15, 0.2) is 11.7 Å². The Labute approximate surface area is 181 Å². The predicted molar refractivity (Wildman–Crippen MR) is 115 cm³/mol. The quantitative estimate of drug-likeness (QED) is 0.608. The average molecular weight is 445 g/mol. The monoisotopic (exact) mass is 444 g/mol. The van der Waals surface area contributed by atoms with Crippen molar-refractivity contribution < 1.29 is 14.0 Å². The van der Waals surface area contributed by atoms with Gasteiger partial charge in [-0.2, -0.15) is 0 Å². The number of anilines is 1. The number of hydrogen-bond acceptors (Lipinski definition) is 6. The number of aromatic nitrogens is 2. The maximum Gasteiger partial charge on any atom is 0.280 e. The van der Waals surface area contributed by atoms with Gasteiger partial charge in [-0.05, 0) is 66.5 Å². The summed E-state index contributed by atoms with van der Waals surface area (Å²) < 4.78 is 17.9. The largest absolute Gasteiger partial charge is 0.351 e. The summed E-state index contributed by atoms with van der Waals surface area (Å²) in [7, 11) is 0. The van der Waals surface area contributed by atoms with E-state index in [4.69, 9.17) is 0 Å². The first-order valence-corrected chi connectivity index (χ1v) is 11.5. The summed E-state index contributed by atoms with van der Waals surface area (Å²) in [6.45, 7) is 1.90. The van der Waals surface area contributed by atoms with Crippen LogP contribution in [0.2, 0.25) is 0 Å². The highest BCUT2D eigenvalue weighted by molar-refractivity contribution is 7.10. The van der Waals surface area contributed by atoms with Crippen molar-refractivity contribution in [2.45, 2.75) is 44.7 Å². The molecule has 4 rings (SSSR count). The van der Waals surface area contributed by atoms with Gasteiger partial charge < -0.3 is 5.32 Å². The normalized spacial score (nSPS) is 15.1. The number of rotatable bonds is 6. The Kier molecular flexibility index (Phi) is 6.19. The van der Waals surface area contributed by atoms with Crippen LogP contribution in [0.3, 0.4) is 0 Å². The summed E-state index contributed by atoms with van der Waals surface area (Å²) in [6.07, 6.45) is 3.99. The molecule has 3 aromatic rings. The minimum Gasteiger partial charge on any atom is -0.351 e. The molecule has 30 heavy (non-hydrogen) atoms. The van der Waals surface area contributed by atoms with E-state index < -0.39 is 17.8 Å². The second-order valence-corrected chi connectivity index (χ2v) is 8.86. The van der Waals surface area contributed by atoms with Gasteiger partial charge in [-0.1, -0.05) is 23.4 Å². The van der Waals surface area contributed by atoms with E-state index in [2.05, 4.69) is 14.9 Å². The van der Waals surface area contributed by atoms with Crippen molar-refractivity contribution in [2.24, 2.45) is 0 Å². The number of hydrogen-bond donors (Lipinski definition) is 1. The maximum atomic E-state index is 14.1. The van der Waals surface area contributed by atoms with E-state index in [1.54, 1.807) is 6.07 Å². The molecule has 1 atom stereocenters. The van der Waals surface area contributed by atoms with Gasteiger partial charge >= 0.3 is 0 Å². The van der Waals surface area contributed by atoms with E-state index in [9.17, 15) is 14.0 Å². The van der Waals surface area contributed by atoms with Crippen LogP contribution < -0.4 is 10.2 Å². The van der Waals surface area contributed by atoms with Crippen molar-refractivity contribution in [3.8, 4) is 0 Å². The summed E-state index contributed by atoms with van der Waals surface area (Å²) in [5.41, 5.74) is 1.32. The van der Waals surface area contributed by atoms with Gasteiger partial charge in [-0.15, -0.1) is 16.4 Å². The van der Waals surface area contributed by atoms with E-state index in [0.29, 0.717) is 5.69 Å². The fourth-order valence-electron chi connectivity index (χ4n) is 3.76. The topological polar surface area (TPSA) is 75.2 Å².